The Morgan fingerprint density at radius 3 is 0.938 bits per heavy atom. The van der Waals surface area contributed by atoms with E-state index in [9.17, 15) is 0 Å². The molecule has 32 heavy (non-hydrogen) atoms. The van der Waals surface area contributed by atoms with E-state index in [-0.39, 0.29) is 24.0 Å². The molecule has 3 nitrogen and oxygen atoms in total. The molecular weight excluding hydrogens is 505 g/mol. The predicted molar refractivity (Wildman–Crippen MR) is 170 cm³/mol. The van der Waals surface area contributed by atoms with Crippen LogP contribution in [0.5, 0.6) is 0 Å². The maximum absolute atomic E-state index is 5.67. The summed E-state index contributed by atoms with van der Waals surface area (Å²) < 4.78 is 0. The molecule has 4 heteroatoms. The van der Waals surface area contributed by atoms with Gasteiger partial charge in [0, 0.05) is 6.04 Å². The third-order valence-corrected chi connectivity index (χ3v) is 4.18. The van der Waals surface area contributed by atoms with Crippen LogP contribution in [-0.2, 0) is 0 Å². The summed E-state index contributed by atoms with van der Waals surface area (Å²) in [7, 11) is 4.36. The van der Waals surface area contributed by atoms with Gasteiger partial charge in [0.15, 0.2) is 0 Å². The standard InChI is InChI=1S/C8H17N.C6H14N2.7C2H6.HI/c1-3-8-4-6-9(2)7-5-8;1-8-4-2-6(7)3-5-8;7*1-2;/h8H,3-7H2,1-2H3;6H,2-5,7H2,1H3;7*1-2H3;1H. The van der Waals surface area contributed by atoms with Gasteiger partial charge in [-0.25, -0.2) is 0 Å². The third-order valence-electron chi connectivity index (χ3n) is 4.18. The van der Waals surface area contributed by atoms with Gasteiger partial charge in [0.2, 0.25) is 0 Å². The highest BCUT2D eigenvalue weighted by molar-refractivity contribution is 14.0. The fourth-order valence-electron chi connectivity index (χ4n) is 2.50. The normalized spacial score (nSPS) is 14.8. The summed E-state index contributed by atoms with van der Waals surface area (Å²) in [6, 6.07) is 0.478. The Balaban J connectivity index is -0.0000000383. The minimum absolute atomic E-state index is 0. The second-order valence-corrected chi connectivity index (χ2v) is 5.80. The summed E-state index contributed by atoms with van der Waals surface area (Å²) in [6.07, 6.45) is 6.58. The molecule has 0 aliphatic carbocycles. The van der Waals surface area contributed by atoms with Crippen molar-refractivity contribution in [3.05, 3.63) is 0 Å². The Labute approximate surface area is 227 Å². The highest BCUT2D eigenvalue weighted by Crippen LogP contribution is 2.18. The Hall–Kier alpha value is 0.610. The molecule has 0 unspecified atom stereocenters. The lowest BCUT2D eigenvalue weighted by atomic mass is 9.95. The van der Waals surface area contributed by atoms with Crippen molar-refractivity contribution in [3.63, 3.8) is 0 Å². The summed E-state index contributed by atoms with van der Waals surface area (Å²) >= 11 is 0. The number of hydrogen-bond donors (Lipinski definition) is 1. The summed E-state index contributed by atoms with van der Waals surface area (Å²) in [5, 5.41) is 0. The lowest BCUT2D eigenvalue weighted by Gasteiger charge is -2.27. The average Bonchev–Trinajstić information content (AvgIpc) is 2.90. The summed E-state index contributed by atoms with van der Waals surface area (Å²) in [6.45, 7) is 35.3. The lowest BCUT2D eigenvalue weighted by Crippen LogP contribution is -2.37. The molecule has 0 spiro atoms. The van der Waals surface area contributed by atoms with E-state index >= 15 is 0 Å². The molecule has 0 amide bonds. The van der Waals surface area contributed by atoms with Crippen LogP contribution in [0.4, 0.5) is 0 Å². The van der Waals surface area contributed by atoms with Crippen LogP contribution in [-0.4, -0.2) is 56.1 Å². The minimum atomic E-state index is 0. The van der Waals surface area contributed by atoms with Gasteiger partial charge in [0.25, 0.3) is 0 Å². The fraction of sp³-hybridized carbons (Fsp3) is 1.00. The molecule has 0 aromatic rings. The van der Waals surface area contributed by atoms with Crippen molar-refractivity contribution in [1.82, 2.24) is 9.80 Å². The quantitative estimate of drug-likeness (QED) is 0.314. The van der Waals surface area contributed by atoms with Gasteiger partial charge < -0.3 is 15.5 Å². The summed E-state index contributed by atoms with van der Waals surface area (Å²) in [5.41, 5.74) is 5.67. The van der Waals surface area contributed by atoms with Gasteiger partial charge in [0.05, 0.1) is 0 Å². The first-order chi connectivity index (χ1) is 15.1. The van der Waals surface area contributed by atoms with Crippen molar-refractivity contribution in [1.29, 1.82) is 0 Å². The van der Waals surface area contributed by atoms with E-state index in [0.717, 1.165) is 5.92 Å². The smallest absolute Gasteiger partial charge is 0.00631 e. The molecule has 2 saturated heterocycles. The Bertz CT molecular complexity index is 179. The average molecular weight is 580 g/mol. The SMILES string of the molecule is CC.CC.CC.CC.CC.CC.CC.CCC1CCN(C)CC1.CN1CCC(N)CC1.I. The third kappa shape index (κ3) is 52.5. The first-order valence-corrected chi connectivity index (χ1v) is 14.2. The molecule has 2 N–H and O–H groups in total. The zero-order chi connectivity index (χ0) is 26.7. The monoisotopic (exact) mass is 579 g/mol. The van der Waals surface area contributed by atoms with Gasteiger partial charge in [-0.3, -0.25) is 0 Å². The van der Waals surface area contributed by atoms with Crippen LogP contribution >= 0.6 is 24.0 Å². The summed E-state index contributed by atoms with van der Waals surface area (Å²) in [4.78, 5) is 4.75. The molecule has 0 aromatic heterocycles. The van der Waals surface area contributed by atoms with Gasteiger partial charge in [-0.15, -0.1) is 24.0 Å². The molecule has 2 heterocycles. The molecule has 0 bridgehead atoms. The largest absolute Gasteiger partial charge is 0.328 e. The van der Waals surface area contributed by atoms with Crippen molar-refractivity contribution in [2.75, 3.05) is 40.3 Å². The fourth-order valence-corrected chi connectivity index (χ4v) is 2.50. The van der Waals surface area contributed by atoms with Gasteiger partial charge >= 0.3 is 0 Å². The second-order valence-electron chi connectivity index (χ2n) is 5.80. The van der Waals surface area contributed by atoms with Gasteiger partial charge in [-0.05, 0) is 71.9 Å². The topological polar surface area (TPSA) is 32.5 Å². The van der Waals surface area contributed by atoms with Crippen LogP contribution in [0.2, 0.25) is 0 Å². The van der Waals surface area contributed by atoms with Crippen molar-refractivity contribution < 1.29 is 0 Å². The number of halogens is 1. The number of hydrogen-bond acceptors (Lipinski definition) is 3. The first-order valence-electron chi connectivity index (χ1n) is 14.2. The molecule has 0 aromatic carbocycles. The van der Waals surface area contributed by atoms with Gasteiger partial charge in [0.1, 0.15) is 0 Å². The van der Waals surface area contributed by atoms with Crippen LogP contribution in [0.25, 0.3) is 0 Å². The Morgan fingerprint density at radius 2 is 0.750 bits per heavy atom. The Morgan fingerprint density at radius 1 is 0.531 bits per heavy atom. The van der Waals surface area contributed by atoms with Crippen LogP contribution in [0.1, 0.15) is 136 Å². The number of piperidine rings is 2. The van der Waals surface area contributed by atoms with E-state index in [1.807, 2.05) is 96.9 Å². The lowest BCUT2D eigenvalue weighted by molar-refractivity contribution is 0.216. The van der Waals surface area contributed by atoms with Crippen molar-refractivity contribution in [2.45, 2.75) is 142 Å². The predicted octanol–water partition coefficient (Wildman–Crippen LogP) is 9.58. The maximum atomic E-state index is 5.67. The van der Waals surface area contributed by atoms with Crippen molar-refractivity contribution >= 4 is 24.0 Å². The summed E-state index contributed by atoms with van der Waals surface area (Å²) in [5.74, 6) is 1.03. The molecule has 208 valence electrons. The minimum Gasteiger partial charge on any atom is -0.328 e. The van der Waals surface area contributed by atoms with E-state index < -0.39 is 0 Å². The molecule has 0 atom stereocenters. The number of nitrogens with two attached hydrogens (primary N) is 1. The van der Waals surface area contributed by atoms with E-state index in [0.29, 0.717) is 6.04 Å². The van der Waals surface area contributed by atoms with Crippen LogP contribution in [0.3, 0.4) is 0 Å². The van der Waals surface area contributed by atoms with Gasteiger partial charge in [-0.2, -0.15) is 0 Å². The van der Waals surface area contributed by atoms with Crippen molar-refractivity contribution in [3.8, 4) is 0 Å². The molecule has 2 aliphatic heterocycles. The molecule has 2 fully saturated rings. The number of likely N-dealkylation sites (tertiary alicyclic amines) is 2. The van der Waals surface area contributed by atoms with Gasteiger partial charge in [-0.1, -0.05) is 110 Å². The van der Waals surface area contributed by atoms with Crippen LogP contribution in [0.15, 0.2) is 0 Å². The molecule has 0 radical (unpaired) electrons. The van der Waals surface area contributed by atoms with E-state index in [2.05, 4.69) is 30.8 Å². The molecule has 2 rings (SSSR count). The molecule has 0 saturated carbocycles. The second kappa shape index (κ2) is 63.4. The number of nitrogens with zero attached hydrogens (tertiary/aromatic N) is 2. The van der Waals surface area contributed by atoms with E-state index in [1.54, 1.807) is 0 Å². The molecular formula is C28H74IN3. The number of rotatable bonds is 1. The maximum Gasteiger partial charge on any atom is 0.00631 e. The van der Waals surface area contributed by atoms with E-state index in [4.69, 9.17) is 5.73 Å². The molecule has 2 aliphatic rings. The zero-order valence-electron chi connectivity index (χ0n) is 26.4. The Kier molecular flexibility index (Phi) is 107. The zero-order valence-corrected chi connectivity index (χ0v) is 28.7. The van der Waals surface area contributed by atoms with Crippen LogP contribution < -0.4 is 5.73 Å². The van der Waals surface area contributed by atoms with Crippen LogP contribution in [0, 0.1) is 5.92 Å². The van der Waals surface area contributed by atoms with E-state index in [1.165, 1.54) is 58.3 Å². The highest BCUT2D eigenvalue weighted by Gasteiger charge is 2.13. The first kappa shape index (κ1) is 53.8. The van der Waals surface area contributed by atoms with Crippen molar-refractivity contribution in [2.24, 2.45) is 11.7 Å². The highest BCUT2D eigenvalue weighted by atomic mass is 127.